The summed E-state index contributed by atoms with van der Waals surface area (Å²) >= 11 is 0. The van der Waals surface area contributed by atoms with E-state index in [0.717, 1.165) is 17.1 Å². The molecule has 1 unspecified atom stereocenters. The molecule has 4 rings (SSSR count). The third-order valence-corrected chi connectivity index (χ3v) is 5.38. The average Bonchev–Trinajstić information content (AvgIpc) is 2.95. The molecule has 0 aliphatic carbocycles. The lowest BCUT2D eigenvalue weighted by Crippen LogP contribution is -2.04. The molecule has 4 aromatic rings. The van der Waals surface area contributed by atoms with Gasteiger partial charge < -0.3 is 9.29 Å². The van der Waals surface area contributed by atoms with E-state index in [1.165, 1.54) is 21.8 Å². The van der Waals surface area contributed by atoms with Crippen LogP contribution >= 0.6 is 0 Å². The fraction of sp³-hybridized carbons (Fsp3) is 0.100. The number of rotatable bonds is 4. The molecule has 4 heteroatoms. The summed E-state index contributed by atoms with van der Waals surface area (Å²) in [5.41, 5.74) is 3.30. The zero-order chi connectivity index (χ0) is 16.5. The van der Waals surface area contributed by atoms with Crippen LogP contribution in [0.3, 0.4) is 0 Å². The maximum Gasteiger partial charge on any atom is 0.150 e. The minimum atomic E-state index is -1.26. The minimum absolute atomic E-state index is 0.772. The summed E-state index contributed by atoms with van der Waals surface area (Å²) in [6.07, 6.45) is 0. The van der Waals surface area contributed by atoms with Crippen LogP contribution < -0.4 is 4.72 Å². The number of aromatic nitrogens is 1. The molecule has 0 radical (unpaired) electrons. The molecule has 0 saturated heterocycles. The maximum absolute atomic E-state index is 12.5. The van der Waals surface area contributed by atoms with E-state index >= 15 is 0 Å². The molecular formula is C20H18N2OS. The summed E-state index contributed by atoms with van der Waals surface area (Å²) in [4.78, 5) is 0.772. The molecule has 1 atom stereocenters. The first-order valence-corrected chi connectivity index (χ1v) is 9.17. The van der Waals surface area contributed by atoms with Gasteiger partial charge in [0, 0.05) is 34.0 Å². The van der Waals surface area contributed by atoms with E-state index in [9.17, 15) is 4.21 Å². The van der Waals surface area contributed by atoms with E-state index in [-0.39, 0.29) is 0 Å². The van der Waals surface area contributed by atoms with Gasteiger partial charge in [-0.1, -0.05) is 36.4 Å². The van der Waals surface area contributed by atoms with Gasteiger partial charge in [0.1, 0.15) is 11.0 Å². The largest absolute Gasteiger partial charge is 0.341 e. The standard InChI is InChI=1S/C20H18N2OS/c1-2-22-19-11-7-6-10-17(19)18-14-15(12-13-20(18)22)21-24(23)16-8-4-3-5-9-16/h3-14,21H,2H2,1H3. The van der Waals surface area contributed by atoms with Crippen molar-refractivity contribution in [2.75, 3.05) is 4.72 Å². The fourth-order valence-corrected chi connectivity index (χ4v) is 4.03. The predicted molar refractivity (Wildman–Crippen MR) is 102 cm³/mol. The molecule has 0 saturated carbocycles. The Balaban J connectivity index is 1.78. The molecule has 120 valence electrons. The van der Waals surface area contributed by atoms with Gasteiger partial charge in [-0.25, -0.2) is 4.21 Å². The molecule has 1 N–H and O–H groups in total. The average molecular weight is 334 g/mol. The Labute approximate surface area is 143 Å². The molecule has 0 spiro atoms. The minimum Gasteiger partial charge on any atom is -0.341 e. The normalized spacial score (nSPS) is 12.5. The molecule has 3 aromatic carbocycles. The fourth-order valence-electron chi connectivity index (χ4n) is 3.17. The highest BCUT2D eigenvalue weighted by Gasteiger charge is 2.10. The van der Waals surface area contributed by atoms with Crippen LogP contribution in [0, 0.1) is 0 Å². The molecule has 24 heavy (non-hydrogen) atoms. The van der Waals surface area contributed by atoms with Crippen LogP contribution in [0.2, 0.25) is 0 Å². The van der Waals surface area contributed by atoms with Gasteiger partial charge in [0.2, 0.25) is 0 Å². The lowest BCUT2D eigenvalue weighted by molar-refractivity contribution is 0.686. The van der Waals surface area contributed by atoms with Gasteiger partial charge in [-0.3, -0.25) is 0 Å². The summed E-state index contributed by atoms with van der Waals surface area (Å²) < 4.78 is 17.9. The Morgan fingerprint density at radius 3 is 2.38 bits per heavy atom. The molecule has 1 aromatic heterocycles. The second kappa shape index (κ2) is 6.13. The Bertz CT molecular complexity index is 1040. The van der Waals surface area contributed by atoms with Crippen LogP contribution in [0.15, 0.2) is 77.7 Å². The van der Waals surface area contributed by atoms with Crippen LogP contribution in [0.4, 0.5) is 5.69 Å². The second-order valence-electron chi connectivity index (χ2n) is 5.68. The third kappa shape index (κ3) is 2.49. The van der Waals surface area contributed by atoms with E-state index in [4.69, 9.17) is 0 Å². The zero-order valence-electron chi connectivity index (χ0n) is 13.4. The first-order chi connectivity index (χ1) is 11.8. The molecule has 3 nitrogen and oxygen atoms in total. The Hall–Kier alpha value is -2.59. The van der Waals surface area contributed by atoms with Gasteiger partial charge in [-0.2, -0.15) is 0 Å². The number of benzene rings is 3. The number of nitrogens with zero attached hydrogens (tertiary/aromatic N) is 1. The Morgan fingerprint density at radius 2 is 1.58 bits per heavy atom. The van der Waals surface area contributed by atoms with E-state index < -0.39 is 11.0 Å². The van der Waals surface area contributed by atoms with Crippen molar-refractivity contribution in [1.29, 1.82) is 0 Å². The van der Waals surface area contributed by atoms with Gasteiger partial charge in [-0.15, -0.1) is 0 Å². The van der Waals surface area contributed by atoms with Crippen LogP contribution in [-0.4, -0.2) is 8.78 Å². The third-order valence-electron chi connectivity index (χ3n) is 4.26. The molecule has 0 aliphatic heterocycles. The highest BCUT2D eigenvalue weighted by molar-refractivity contribution is 7.86. The van der Waals surface area contributed by atoms with E-state index in [2.05, 4.69) is 52.6 Å². The van der Waals surface area contributed by atoms with Crippen molar-refractivity contribution >= 4 is 38.5 Å². The van der Waals surface area contributed by atoms with Gasteiger partial charge in [-0.05, 0) is 43.3 Å². The van der Waals surface area contributed by atoms with Crippen molar-refractivity contribution < 1.29 is 4.21 Å². The van der Waals surface area contributed by atoms with E-state index in [0.29, 0.717) is 0 Å². The number of aryl methyl sites for hydroxylation is 1. The topological polar surface area (TPSA) is 34.0 Å². The summed E-state index contributed by atoms with van der Waals surface area (Å²) in [6.45, 7) is 3.08. The molecule has 0 amide bonds. The lowest BCUT2D eigenvalue weighted by atomic mass is 10.1. The van der Waals surface area contributed by atoms with Gasteiger partial charge in [0.25, 0.3) is 0 Å². The van der Waals surface area contributed by atoms with Gasteiger partial charge in [0.05, 0.1) is 4.90 Å². The van der Waals surface area contributed by atoms with Crippen molar-refractivity contribution in [2.45, 2.75) is 18.4 Å². The SMILES string of the molecule is CCn1c2ccccc2c2cc(NS(=O)c3ccccc3)ccc21. The van der Waals surface area contributed by atoms with Crippen LogP contribution in [0.5, 0.6) is 0 Å². The van der Waals surface area contributed by atoms with E-state index in [1.807, 2.05) is 36.4 Å². The number of anilines is 1. The highest BCUT2D eigenvalue weighted by atomic mass is 32.2. The summed E-state index contributed by atoms with van der Waals surface area (Å²) in [5.74, 6) is 0. The summed E-state index contributed by atoms with van der Waals surface area (Å²) in [5, 5.41) is 2.41. The highest BCUT2D eigenvalue weighted by Crippen LogP contribution is 2.31. The number of hydrogen-bond acceptors (Lipinski definition) is 1. The van der Waals surface area contributed by atoms with Crippen molar-refractivity contribution in [2.24, 2.45) is 0 Å². The first kappa shape index (κ1) is 15.0. The van der Waals surface area contributed by atoms with Gasteiger partial charge in [0.15, 0.2) is 0 Å². The Morgan fingerprint density at radius 1 is 0.875 bits per heavy atom. The van der Waals surface area contributed by atoms with E-state index in [1.54, 1.807) is 0 Å². The van der Waals surface area contributed by atoms with Crippen molar-refractivity contribution in [1.82, 2.24) is 4.57 Å². The number of fused-ring (bicyclic) bond motifs is 3. The predicted octanol–water partition coefficient (Wildman–Crippen LogP) is 4.95. The number of nitrogens with one attached hydrogen (secondary N) is 1. The van der Waals surface area contributed by atoms with Crippen LogP contribution in [-0.2, 0) is 17.5 Å². The van der Waals surface area contributed by atoms with Crippen molar-refractivity contribution in [3.8, 4) is 0 Å². The summed E-state index contributed by atoms with van der Waals surface area (Å²) in [6, 6.07) is 24.0. The molecule has 0 fully saturated rings. The second-order valence-corrected chi connectivity index (χ2v) is 6.89. The quantitative estimate of drug-likeness (QED) is 0.563. The smallest absolute Gasteiger partial charge is 0.150 e. The molecular weight excluding hydrogens is 316 g/mol. The van der Waals surface area contributed by atoms with Gasteiger partial charge >= 0.3 is 0 Å². The molecule has 0 aliphatic rings. The van der Waals surface area contributed by atoms with Crippen molar-refractivity contribution in [3.05, 3.63) is 72.8 Å². The lowest BCUT2D eigenvalue weighted by Gasteiger charge is -2.07. The van der Waals surface area contributed by atoms with Crippen LogP contribution in [0.25, 0.3) is 21.8 Å². The monoisotopic (exact) mass is 334 g/mol. The summed E-state index contributed by atoms with van der Waals surface area (Å²) in [7, 11) is -1.26. The van der Waals surface area contributed by atoms with Crippen LogP contribution in [0.1, 0.15) is 6.92 Å². The maximum atomic E-state index is 12.5. The molecule has 0 bridgehead atoms. The van der Waals surface area contributed by atoms with Crippen molar-refractivity contribution in [3.63, 3.8) is 0 Å². The first-order valence-electron chi connectivity index (χ1n) is 8.02. The number of para-hydroxylation sites is 1. The Kier molecular flexibility index (Phi) is 3.82. The zero-order valence-corrected chi connectivity index (χ0v) is 14.2. The molecule has 1 heterocycles. The number of hydrogen-bond donors (Lipinski definition) is 1.